The van der Waals surface area contributed by atoms with E-state index in [1.54, 1.807) is 31.4 Å². The van der Waals surface area contributed by atoms with Gasteiger partial charge in [-0.05, 0) is 85.3 Å². The summed E-state index contributed by atoms with van der Waals surface area (Å²) >= 11 is 0. The second-order valence-electron chi connectivity index (χ2n) is 13.7. The number of benzene rings is 4. The van der Waals surface area contributed by atoms with Crippen LogP contribution in [-0.2, 0) is 9.59 Å². The van der Waals surface area contributed by atoms with Gasteiger partial charge < -0.3 is 25.6 Å². The van der Waals surface area contributed by atoms with Crippen molar-refractivity contribution in [1.29, 1.82) is 0 Å². The van der Waals surface area contributed by atoms with Crippen LogP contribution < -0.4 is 15.4 Å². The number of nitrogens with one attached hydrogen (secondary N) is 2. The van der Waals surface area contributed by atoms with Gasteiger partial charge in [0.15, 0.2) is 0 Å². The van der Waals surface area contributed by atoms with Gasteiger partial charge in [-0.1, -0.05) is 103 Å². The van der Waals surface area contributed by atoms with Crippen molar-refractivity contribution in [2.75, 3.05) is 7.11 Å². The van der Waals surface area contributed by atoms with Crippen LogP contribution in [0.4, 0.5) is 0 Å². The molecule has 2 atom stereocenters. The zero-order valence-corrected chi connectivity index (χ0v) is 33.0. The van der Waals surface area contributed by atoms with E-state index in [0.717, 1.165) is 44.5 Å². The first-order chi connectivity index (χ1) is 27.9. The SMILES string of the molecule is COc1ccc(C(=O)N[C@@H](CC(=O)O)c2ccccc2C)nc1-c1ccccc1.Cc1ccccc1[C@H](CC(=O)O)NC(=O)c1cccc(-c2cccc(C)c2C)n1. The lowest BCUT2D eigenvalue weighted by Crippen LogP contribution is -2.31. The maximum atomic E-state index is 12.9. The van der Waals surface area contributed by atoms with Crippen LogP contribution in [0.5, 0.6) is 5.75 Å². The largest absolute Gasteiger partial charge is 0.494 e. The Hall–Kier alpha value is -7.14. The van der Waals surface area contributed by atoms with Crippen molar-refractivity contribution in [2.45, 2.75) is 52.6 Å². The number of pyridine rings is 2. The quantitative estimate of drug-likeness (QED) is 0.0897. The molecule has 296 valence electrons. The van der Waals surface area contributed by atoms with E-state index in [1.807, 2.05) is 131 Å². The van der Waals surface area contributed by atoms with Crippen molar-refractivity contribution < 1.29 is 34.1 Å². The van der Waals surface area contributed by atoms with Crippen LogP contribution in [0, 0.1) is 27.7 Å². The number of methoxy groups -OCH3 is 1. The highest BCUT2D eigenvalue weighted by Crippen LogP contribution is 2.29. The lowest BCUT2D eigenvalue weighted by Gasteiger charge is -2.19. The van der Waals surface area contributed by atoms with E-state index in [1.165, 1.54) is 0 Å². The molecule has 4 N–H and O–H groups in total. The third-order valence-corrected chi connectivity index (χ3v) is 9.72. The average Bonchev–Trinajstić information content (AvgIpc) is 3.21. The lowest BCUT2D eigenvalue weighted by atomic mass is 9.98. The van der Waals surface area contributed by atoms with Crippen LogP contribution >= 0.6 is 0 Å². The third kappa shape index (κ3) is 10.8. The maximum absolute atomic E-state index is 12.9. The highest BCUT2D eigenvalue weighted by atomic mass is 16.5. The molecule has 6 rings (SSSR count). The van der Waals surface area contributed by atoms with Gasteiger partial charge in [-0.15, -0.1) is 0 Å². The van der Waals surface area contributed by atoms with Gasteiger partial charge in [0.25, 0.3) is 11.8 Å². The molecule has 58 heavy (non-hydrogen) atoms. The summed E-state index contributed by atoms with van der Waals surface area (Å²) in [5.41, 5.74) is 9.15. The smallest absolute Gasteiger partial charge is 0.305 e. The van der Waals surface area contributed by atoms with Gasteiger partial charge in [0.05, 0.1) is 37.7 Å². The fraction of sp³-hybridized carbons (Fsp3) is 0.191. The topological polar surface area (TPSA) is 168 Å². The molecule has 4 aromatic carbocycles. The molecule has 0 spiro atoms. The molecule has 11 nitrogen and oxygen atoms in total. The van der Waals surface area contributed by atoms with E-state index in [9.17, 15) is 29.4 Å². The molecule has 2 aromatic heterocycles. The number of aryl methyl sites for hydroxylation is 3. The number of hydrogen-bond acceptors (Lipinski definition) is 7. The van der Waals surface area contributed by atoms with E-state index >= 15 is 0 Å². The van der Waals surface area contributed by atoms with Crippen LogP contribution in [-0.4, -0.2) is 51.0 Å². The molecule has 0 saturated heterocycles. The van der Waals surface area contributed by atoms with E-state index < -0.39 is 35.8 Å². The number of amides is 2. The van der Waals surface area contributed by atoms with Crippen molar-refractivity contribution in [3.63, 3.8) is 0 Å². The van der Waals surface area contributed by atoms with Crippen molar-refractivity contribution in [3.8, 4) is 28.3 Å². The summed E-state index contributed by atoms with van der Waals surface area (Å²) < 4.78 is 5.38. The molecule has 2 amide bonds. The monoisotopic (exact) mass is 778 g/mol. The fourth-order valence-corrected chi connectivity index (χ4v) is 6.53. The highest BCUT2D eigenvalue weighted by Gasteiger charge is 2.23. The second-order valence-corrected chi connectivity index (χ2v) is 13.7. The standard InChI is InChI=1S/C24H24N2O3.C23H22N2O4/c1-15-9-6-11-19(17(15)3)20-12-7-13-21(25-20)24(29)26-22(14-23(27)28)18-10-5-4-8-16(18)2;1-15-8-6-7-11-17(15)19(14-21(26)27)25-23(28)18-12-13-20(29-2)22(24-18)16-9-4-3-5-10-16/h4-13,22H,14H2,1-3H3,(H,26,29)(H,27,28);3-13,19H,14H2,1-2H3,(H,25,28)(H,26,27)/t22-;19-/m00/s1. The van der Waals surface area contributed by atoms with Gasteiger partial charge in [0.2, 0.25) is 0 Å². The Morgan fingerprint density at radius 1 is 0.569 bits per heavy atom. The van der Waals surface area contributed by atoms with Gasteiger partial charge in [-0.25, -0.2) is 9.97 Å². The molecule has 2 heterocycles. The number of carbonyl (C=O) groups is 4. The van der Waals surface area contributed by atoms with Crippen LogP contribution in [0.2, 0.25) is 0 Å². The first kappa shape index (κ1) is 42.0. The minimum absolute atomic E-state index is 0.189. The summed E-state index contributed by atoms with van der Waals surface area (Å²) in [6, 6.07) is 37.5. The lowest BCUT2D eigenvalue weighted by molar-refractivity contribution is -0.138. The minimum Gasteiger partial charge on any atom is -0.494 e. The Labute approximate surface area is 337 Å². The van der Waals surface area contributed by atoms with Crippen molar-refractivity contribution in [2.24, 2.45) is 0 Å². The van der Waals surface area contributed by atoms with Crippen molar-refractivity contribution in [1.82, 2.24) is 20.6 Å². The van der Waals surface area contributed by atoms with Crippen LogP contribution in [0.15, 0.2) is 127 Å². The highest BCUT2D eigenvalue weighted by molar-refractivity contribution is 5.94. The van der Waals surface area contributed by atoms with E-state index in [0.29, 0.717) is 17.1 Å². The average molecular weight is 779 g/mol. The molecule has 0 aliphatic rings. The van der Waals surface area contributed by atoms with Crippen molar-refractivity contribution >= 4 is 23.8 Å². The molecule has 0 radical (unpaired) electrons. The number of carboxylic acids is 2. The molecular formula is C47H46N4O7. The predicted molar refractivity (Wildman–Crippen MR) is 223 cm³/mol. The zero-order valence-electron chi connectivity index (χ0n) is 33.0. The van der Waals surface area contributed by atoms with Gasteiger partial charge >= 0.3 is 11.9 Å². The molecule has 11 heteroatoms. The fourth-order valence-electron chi connectivity index (χ4n) is 6.53. The van der Waals surface area contributed by atoms with E-state index in [-0.39, 0.29) is 24.2 Å². The van der Waals surface area contributed by atoms with Gasteiger partial charge in [0, 0.05) is 11.1 Å². The normalized spacial score (nSPS) is 11.6. The first-order valence-electron chi connectivity index (χ1n) is 18.7. The first-order valence-corrected chi connectivity index (χ1v) is 18.7. The maximum Gasteiger partial charge on any atom is 0.305 e. The number of carboxylic acid groups (broad SMARTS) is 2. The number of hydrogen-bond donors (Lipinski definition) is 4. The molecular weight excluding hydrogens is 733 g/mol. The number of aromatic nitrogens is 2. The summed E-state index contributed by atoms with van der Waals surface area (Å²) in [6.07, 6.45) is -0.425. The molecule has 0 unspecified atom stereocenters. The van der Waals surface area contributed by atoms with E-state index in [2.05, 4.69) is 20.6 Å². The summed E-state index contributed by atoms with van der Waals surface area (Å²) in [5, 5.41) is 24.3. The molecule has 0 saturated carbocycles. The van der Waals surface area contributed by atoms with Crippen molar-refractivity contribution in [3.05, 3.63) is 172 Å². The van der Waals surface area contributed by atoms with Crippen LogP contribution in [0.25, 0.3) is 22.5 Å². The Bertz CT molecular complexity index is 2410. The summed E-state index contributed by atoms with van der Waals surface area (Å²) in [4.78, 5) is 57.5. The third-order valence-electron chi connectivity index (χ3n) is 9.72. The molecule has 0 bridgehead atoms. The van der Waals surface area contributed by atoms with Gasteiger partial charge in [0.1, 0.15) is 22.8 Å². The molecule has 6 aromatic rings. The van der Waals surface area contributed by atoms with E-state index in [4.69, 9.17) is 4.74 Å². The number of aliphatic carboxylic acids is 2. The predicted octanol–water partition coefficient (Wildman–Crippen LogP) is 8.63. The molecule has 0 aliphatic heterocycles. The number of carbonyl (C=O) groups excluding carboxylic acids is 2. The molecule has 0 fully saturated rings. The second kappa shape index (κ2) is 19.6. The van der Waals surface area contributed by atoms with Gasteiger partial charge in [-0.2, -0.15) is 0 Å². The van der Waals surface area contributed by atoms with Crippen LogP contribution in [0.3, 0.4) is 0 Å². The van der Waals surface area contributed by atoms with Gasteiger partial charge in [-0.3, -0.25) is 19.2 Å². The Morgan fingerprint density at radius 2 is 1.07 bits per heavy atom. The summed E-state index contributed by atoms with van der Waals surface area (Å²) in [7, 11) is 1.55. The zero-order chi connectivity index (χ0) is 41.8. The Kier molecular flexibility index (Phi) is 14.2. The number of rotatable bonds is 13. The number of nitrogens with zero attached hydrogens (tertiary/aromatic N) is 2. The number of ether oxygens (including phenoxy) is 1. The summed E-state index contributed by atoms with van der Waals surface area (Å²) in [5.74, 6) is -2.26. The summed E-state index contributed by atoms with van der Waals surface area (Å²) in [6.45, 7) is 7.85. The minimum atomic E-state index is -0.994. The van der Waals surface area contributed by atoms with Crippen LogP contribution in [0.1, 0.15) is 79.3 Å². The Balaban J connectivity index is 0.000000221. The Morgan fingerprint density at radius 3 is 1.60 bits per heavy atom. The molecule has 0 aliphatic carbocycles.